The molecule has 166 valence electrons. The fourth-order valence-corrected chi connectivity index (χ4v) is 5.04. The van der Waals surface area contributed by atoms with Crippen LogP contribution >= 0.6 is 0 Å². The molecule has 1 saturated heterocycles. The van der Waals surface area contributed by atoms with Crippen molar-refractivity contribution in [3.8, 4) is 0 Å². The van der Waals surface area contributed by atoms with E-state index in [0.29, 0.717) is 36.3 Å². The Morgan fingerprint density at radius 2 is 1.90 bits per heavy atom. The molecule has 1 fully saturated rings. The number of hydrogen-bond acceptors (Lipinski definition) is 4. The molecule has 0 radical (unpaired) electrons. The Hall–Kier alpha value is -2.87. The van der Waals surface area contributed by atoms with E-state index in [2.05, 4.69) is 17.0 Å². The van der Waals surface area contributed by atoms with Crippen LogP contribution in [0.1, 0.15) is 48.5 Å². The summed E-state index contributed by atoms with van der Waals surface area (Å²) in [5, 5.41) is 2.90. The van der Waals surface area contributed by atoms with Crippen LogP contribution < -0.4 is 10.0 Å². The Bertz CT molecular complexity index is 1050. The van der Waals surface area contributed by atoms with E-state index in [1.165, 1.54) is 6.07 Å². The number of likely N-dealkylation sites (tertiary alicyclic amines) is 1. The summed E-state index contributed by atoms with van der Waals surface area (Å²) in [7, 11) is -3.78. The van der Waals surface area contributed by atoms with E-state index < -0.39 is 16.1 Å². The van der Waals surface area contributed by atoms with Crippen LogP contribution in [0.15, 0.2) is 53.4 Å². The molecular weight excluding hydrogens is 414 g/mol. The molecule has 1 heterocycles. The highest BCUT2D eigenvalue weighted by Crippen LogP contribution is 2.23. The average molecular weight is 444 g/mol. The smallest absolute Gasteiger partial charge is 0.262 e. The average Bonchev–Trinajstić information content (AvgIpc) is 3.23. The van der Waals surface area contributed by atoms with Gasteiger partial charge >= 0.3 is 0 Å². The summed E-state index contributed by atoms with van der Waals surface area (Å²) in [6.45, 7) is 4.89. The molecule has 8 heteroatoms. The van der Waals surface area contributed by atoms with E-state index in [9.17, 15) is 18.0 Å². The third-order valence-electron chi connectivity index (χ3n) is 5.39. The first kappa shape index (κ1) is 22.8. The van der Waals surface area contributed by atoms with Gasteiger partial charge in [0, 0.05) is 24.3 Å². The predicted octanol–water partition coefficient (Wildman–Crippen LogP) is 3.32. The molecule has 1 atom stereocenters. The lowest BCUT2D eigenvalue weighted by molar-refractivity contribution is -0.124. The van der Waals surface area contributed by atoms with Gasteiger partial charge in [-0.2, -0.15) is 0 Å². The maximum absolute atomic E-state index is 13.1. The maximum atomic E-state index is 13.1. The van der Waals surface area contributed by atoms with Crippen LogP contribution in [0.3, 0.4) is 0 Å². The molecule has 2 aromatic rings. The molecule has 0 aromatic heterocycles. The van der Waals surface area contributed by atoms with Crippen molar-refractivity contribution in [2.24, 2.45) is 0 Å². The van der Waals surface area contributed by atoms with Crippen molar-refractivity contribution in [1.82, 2.24) is 10.2 Å². The van der Waals surface area contributed by atoms with Gasteiger partial charge in [-0.15, -0.1) is 0 Å². The topological polar surface area (TPSA) is 95.6 Å². The first-order chi connectivity index (χ1) is 14.8. The van der Waals surface area contributed by atoms with Crippen LogP contribution in [0.5, 0.6) is 0 Å². The molecule has 0 unspecified atom stereocenters. The fraction of sp³-hybridized carbons (Fsp3) is 0.391. The van der Waals surface area contributed by atoms with Crippen LogP contribution in [-0.2, 0) is 14.8 Å². The van der Waals surface area contributed by atoms with E-state index >= 15 is 0 Å². The fourth-order valence-electron chi connectivity index (χ4n) is 3.74. The van der Waals surface area contributed by atoms with Gasteiger partial charge in [-0.05, 0) is 56.0 Å². The van der Waals surface area contributed by atoms with Crippen LogP contribution in [0.4, 0.5) is 5.69 Å². The summed E-state index contributed by atoms with van der Waals surface area (Å²) in [4.78, 5) is 27.4. The van der Waals surface area contributed by atoms with Gasteiger partial charge in [0.05, 0.1) is 4.90 Å². The van der Waals surface area contributed by atoms with Crippen LogP contribution in [0.25, 0.3) is 0 Å². The third-order valence-corrected chi connectivity index (χ3v) is 6.93. The Morgan fingerprint density at radius 1 is 1.13 bits per heavy atom. The summed E-state index contributed by atoms with van der Waals surface area (Å²) < 4.78 is 28.1. The largest absolute Gasteiger partial charge is 0.354 e. The number of nitrogens with one attached hydrogen (secondary N) is 2. The van der Waals surface area contributed by atoms with Crippen molar-refractivity contribution >= 4 is 27.5 Å². The highest BCUT2D eigenvalue weighted by molar-refractivity contribution is 7.92. The highest BCUT2D eigenvalue weighted by atomic mass is 32.2. The minimum atomic E-state index is -3.78. The van der Waals surface area contributed by atoms with Crippen molar-refractivity contribution in [1.29, 1.82) is 0 Å². The minimum absolute atomic E-state index is 0.129. The molecule has 2 amide bonds. The molecule has 0 bridgehead atoms. The number of unbranched alkanes of at least 4 members (excludes halogenated alkanes) is 1. The second-order valence-electron chi connectivity index (χ2n) is 7.75. The monoisotopic (exact) mass is 443 g/mol. The van der Waals surface area contributed by atoms with E-state index in [1.54, 1.807) is 54.3 Å². The first-order valence-corrected chi connectivity index (χ1v) is 12.1. The number of rotatable bonds is 8. The normalized spacial score (nSPS) is 16.2. The lowest BCUT2D eigenvalue weighted by atomic mass is 10.1. The number of amides is 2. The first-order valence-electron chi connectivity index (χ1n) is 10.6. The highest BCUT2D eigenvalue weighted by Gasteiger charge is 2.34. The van der Waals surface area contributed by atoms with E-state index in [1.807, 2.05) is 0 Å². The minimum Gasteiger partial charge on any atom is -0.354 e. The number of hydrogen-bond donors (Lipinski definition) is 2. The van der Waals surface area contributed by atoms with Gasteiger partial charge in [-0.1, -0.05) is 37.6 Å². The van der Waals surface area contributed by atoms with E-state index in [-0.39, 0.29) is 16.7 Å². The van der Waals surface area contributed by atoms with Crippen molar-refractivity contribution in [3.05, 3.63) is 59.7 Å². The van der Waals surface area contributed by atoms with Gasteiger partial charge in [-0.25, -0.2) is 8.42 Å². The summed E-state index contributed by atoms with van der Waals surface area (Å²) in [5.41, 5.74) is 1.28. The number of sulfonamides is 1. The van der Waals surface area contributed by atoms with Crippen molar-refractivity contribution in [3.63, 3.8) is 0 Å². The molecule has 1 aliphatic rings. The molecular formula is C23H29N3O4S. The molecule has 0 aliphatic carbocycles. The number of benzene rings is 2. The van der Waals surface area contributed by atoms with Gasteiger partial charge < -0.3 is 10.2 Å². The molecule has 1 aliphatic heterocycles. The predicted molar refractivity (Wildman–Crippen MR) is 120 cm³/mol. The molecule has 3 rings (SSSR count). The number of aryl methyl sites for hydroxylation is 1. The quantitative estimate of drug-likeness (QED) is 0.612. The van der Waals surface area contributed by atoms with Gasteiger partial charge in [0.2, 0.25) is 5.91 Å². The number of nitrogens with zero attached hydrogens (tertiary/aromatic N) is 1. The van der Waals surface area contributed by atoms with Gasteiger partial charge in [-0.3, -0.25) is 14.3 Å². The zero-order chi connectivity index (χ0) is 22.4. The number of carbonyl (C=O) groups is 2. The van der Waals surface area contributed by atoms with Gasteiger partial charge in [0.25, 0.3) is 15.9 Å². The third kappa shape index (κ3) is 5.44. The molecule has 2 aromatic carbocycles. The molecule has 31 heavy (non-hydrogen) atoms. The number of anilines is 1. The van der Waals surface area contributed by atoms with E-state index in [4.69, 9.17) is 0 Å². The summed E-state index contributed by atoms with van der Waals surface area (Å²) in [5.74, 6) is -0.402. The summed E-state index contributed by atoms with van der Waals surface area (Å²) in [6, 6.07) is 12.6. The maximum Gasteiger partial charge on any atom is 0.262 e. The second kappa shape index (κ2) is 9.96. The van der Waals surface area contributed by atoms with Crippen LogP contribution in [0, 0.1) is 6.92 Å². The van der Waals surface area contributed by atoms with E-state index in [0.717, 1.165) is 19.3 Å². The summed E-state index contributed by atoms with van der Waals surface area (Å²) in [6.07, 6.45) is 3.27. The van der Waals surface area contributed by atoms with Gasteiger partial charge in [0.1, 0.15) is 6.04 Å². The molecule has 7 nitrogen and oxygen atoms in total. The molecule has 0 saturated carbocycles. The Morgan fingerprint density at radius 3 is 2.65 bits per heavy atom. The lowest BCUT2D eigenvalue weighted by Crippen LogP contribution is -2.46. The summed E-state index contributed by atoms with van der Waals surface area (Å²) >= 11 is 0. The van der Waals surface area contributed by atoms with Crippen molar-refractivity contribution in [2.45, 2.75) is 50.5 Å². The van der Waals surface area contributed by atoms with Crippen molar-refractivity contribution < 1.29 is 18.0 Å². The SMILES string of the molecule is CCCCNC(=O)[C@H]1CCCN1C(=O)c1cccc(NS(=O)(=O)c2ccccc2C)c1. The Labute approximate surface area is 183 Å². The zero-order valence-electron chi connectivity index (χ0n) is 17.9. The van der Waals surface area contributed by atoms with Gasteiger partial charge in [0.15, 0.2) is 0 Å². The van der Waals surface area contributed by atoms with Crippen molar-refractivity contribution in [2.75, 3.05) is 17.8 Å². The standard InChI is InChI=1S/C23H29N3O4S/c1-3-4-14-24-22(27)20-12-8-15-26(20)23(28)18-10-7-11-19(16-18)25-31(29,30)21-13-6-5-9-17(21)2/h5-7,9-11,13,16,20,25H,3-4,8,12,14-15H2,1-2H3,(H,24,27)/t20-/m1/s1. The Kier molecular flexibility index (Phi) is 7.33. The molecule has 2 N–H and O–H groups in total. The Balaban J connectivity index is 1.75. The zero-order valence-corrected chi connectivity index (χ0v) is 18.7. The molecule has 0 spiro atoms. The number of carbonyl (C=O) groups excluding carboxylic acids is 2. The second-order valence-corrected chi connectivity index (χ2v) is 9.40. The van der Waals surface area contributed by atoms with Crippen LogP contribution in [0.2, 0.25) is 0 Å². The van der Waals surface area contributed by atoms with Crippen LogP contribution in [-0.4, -0.2) is 44.3 Å². The lowest BCUT2D eigenvalue weighted by Gasteiger charge is -2.24.